The molecule has 1 aliphatic carbocycles. The molecule has 1 unspecified atom stereocenters. The lowest BCUT2D eigenvalue weighted by Crippen LogP contribution is -2.47. The summed E-state index contributed by atoms with van der Waals surface area (Å²) < 4.78 is 4.79. The predicted molar refractivity (Wildman–Crippen MR) is 60.8 cm³/mol. The summed E-state index contributed by atoms with van der Waals surface area (Å²) in [4.78, 5) is 13.4. The van der Waals surface area contributed by atoms with E-state index in [4.69, 9.17) is 4.74 Å². The van der Waals surface area contributed by atoms with E-state index in [2.05, 4.69) is 6.92 Å². The Bertz CT molecular complexity index is 224. The fourth-order valence-corrected chi connectivity index (χ4v) is 2.46. The third kappa shape index (κ3) is 2.44. The van der Waals surface area contributed by atoms with Gasteiger partial charge in [-0.05, 0) is 31.6 Å². The number of hydrogen-bond acceptors (Lipinski definition) is 2. The molecule has 0 N–H and O–H groups in total. The van der Waals surface area contributed by atoms with Crippen LogP contribution in [0.3, 0.4) is 0 Å². The molecule has 1 saturated heterocycles. The smallest absolute Gasteiger partial charge is 0.409 e. The van der Waals surface area contributed by atoms with Gasteiger partial charge in [-0.3, -0.25) is 0 Å². The molecule has 2 fully saturated rings. The second-order valence-corrected chi connectivity index (χ2v) is 4.44. The summed E-state index contributed by atoms with van der Waals surface area (Å²) in [6.07, 6.45) is 4.50. The Morgan fingerprint density at radius 2 is 2.00 bits per heavy atom. The minimum absolute atomic E-state index is 0.135. The van der Waals surface area contributed by atoms with Crippen molar-refractivity contribution in [3.8, 4) is 0 Å². The van der Waals surface area contributed by atoms with E-state index in [0.29, 0.717) is 0 Å². The largest absolute Gasteiger partial charge is 0.453 e. The lowest BCUT2D eigenvalue weighted by atomic mass is 9.91. The van der Waals surface area contributed by atoms with Gasteiger partial charge in [-0.25, -0.2) is 4.79 Å². The molecule has 3 heteroatoms. The number of nitrogens with zero attached hydrogens (tertiary/aromatic N) is 1. The van der Waals surface area contributed by atoms with Crippen molar-refractivity contribution in [3.05, 3.63) is 0 Å². The van der Waals surface area contributed by atoms with Gasteiger partial charge in [0.2, 0.25) is 0 Å². The summed E-state index contributed by atoms with van der Waals surface area (Å²) in [6, 6.07) is 0. The number of ether oxygens (including phenoxy) is 1. The maximum absolute atomic E-state index is 11.4. The number of amides is 1. The zero-order valence-corrected chi connectivity index (χ0v) is 10.4. The molecule has 1 saturated carbocycles. The Morgan fingerprint density at radius 1 is 1.40 bits per heavy atom. The first-order valence-electron chi connectivity index (χ1n) is 6.03. The fourth-order valence-electron chi connectivity index (χ4n) is 2.46. The Kier molecular flexibility index (Phi) is 4.00. The molecule has 0 aromatic carbocycles. The molecule has 2 aliphatic rings. The fraction of sp³-hybridized carbons (Fsp3) is 0.917. The number of likely N-dealkylation sites (tertiary alicyclic amines) is 1. The molecule has 2 rings (SSSR count). The summed E-state index contributed by atoms with van der Waals surface area (Å²) in [6.45, 7) is 7.16. The summed E-state index contributed by atoms with van der Waals surface area (Å²) in [5.74, 6) is 0.767. The first kappa shape index (κ1) is 12.3. The molecule has 15 heavy (non-hydrogen) atoms. The SMILES string of the molecule is CC.COC(=O)N1CCC(C)CC12CC2. The second kappa shape index (κ2) is 4.86. The molecule has 88 valence electrons. The van der Waals surface area contributed by atoms with Crippen LogP contribution in [-0.4, -0.2) is 30.2 Å². The second-order valence-electron chi connectivity index (χ2n) is 4.44. The van der Waals surface area contributed by atoms with E-state index >= 15 is 0 Å². The molecular weight excluding hydrogens is 190 g/mol. The topological polar surface area (TPSA) is 29.5 Å². The first-order valence-corrected chi connectivity index (χ1v) is 6.03. The highest BCUT2D eigenvalue weighted by molar-refractivity contribution is 5.69. The molecule has 0 aromatic heterocycles. The monoisotopic (exact) mass is 213 g/mol. The summed E-state index contributed by atoms with van der Waals surface area (Å²) in [5, 5.41) is 0. The van der Waals surface area contributed by atoms with Gasteiger partial charge in [-0.2, -0.15) is 0 Å². The number of carbonyl (C=O) groups excluding carboxylic acids is 1. The minimum atomic E-state index is -0.135. The molecule has 1 amide bonds. The first-order chi connectivity index (χ1) is 7.18. The molecule has 3 nitrogen and oxygen atoms in total. The van der Waals surface area contributed by atoms with Crippen LogP contribution in [0.1, 0.15) is 46.5 Å². The molecular formula is C12H23NO2. The maximum Gasteiger partial charge on any atom is 0.409 e. The van der Waals surface area contributed by atoms with Crippen molar-refractivity contribution in [2.45, 2.75) is 52.0 Å². The Labute approximate surface area is 92.8 Å². The average Bonchev–Trinajstić information content (AvgIpc) is 3.00. The zero-order valence-electron chi connectivity index (χ0n) is 10.4. The van der Waals surface area contributed by atoms with Gasteiger partial charge in [0.15, 0.2) is 0 Å². The molecule has 0 radical (unpaired) electrons. The van der Waals surface area contributed by atoms with Crippen molar-refractivity contribution < 1.29 is 9.53 Å². The van der Waals surface area contributed by atoms with Gasteiger partial charge >= 0.3 is 6.09 Å². The molecule has 1 atom stereocenters. The average molecular weight is 213 g/mol. The van der Waals surface area contributed by atoms with Crippen molar-refractivity contribution in [2.24, 2.45) is 5.92 Å². The number of piperidine rings is 1. The summed E-state index contributed by atoms with van der Waals surface area (Å²) >= 11 is 0. The van der Waals surface area contributed by atoms with Gasteiger partial charge in [0.25, 0.3) is 0 Å². The van der Waals surface area contributed by atoms with Crippen LogP contribution >= 0.6 is 0 Å². The van der Waals surface area contributed by atoms with Crippen molar-refractivity contribution in [1.82, 2.24) is 4.90 Å². The van der Waals surface area contributed by atoms with Gasteiger partial charge in [0.1, 0.15) is 0 Å². The molecule has 0 aromatic rings. The van der Waals surface area contributed by atoms with Crippen LogP contribution in [0.4, 0.5) is 4.79 Å². The van der Waals surface area contributed by atoms with E-state index < -0.39 is 0 Å². The Hall–Kier alpha value is -0.730. The third-order valence-corrected chi connectivity index (χ3v) is 3.37. The molecule has 1 aliphatic heterocycles. The normalized spacial score (nSPS) is 26.7. The van der Waals surface area contributed by atoms with Crippen LogP contribution in [0.25, 0.3) is 0 Å². The van der Waals surface area contributed by atoms with Crippen LogP contribution in [0, 0.1) is 5.92 Å². The number of hydrogen-bond donors (Lipinski definition) is 0. The van der Waals surface area contributed by atoms with Crippen LogP contribution in [0.5, 0.6) is 0 Å². The highest BCUT2D eigenvalue weighted by Gasteiger charge is 2.52. The number of carbonyl (C=O) groups is 1. The van der Waals surface area contributed by atoms with Crippen molar-refractivity contribution in [3.63, 3.8) is 0 Å². The highest BCUT2D eigenvalue weighted by atomic mass is 16.5. The van der Waals surface area contributed by atoms with E-state index in [9.17, 15) is 4.79 Å². The van der Waals surface area contributed by atoms with Gasteiger partial charge < -0.3 is 9.64 Å². The Balaban J connectivity index is 0.000000531. The quantitative estimate of drug-likeness (QED) is 0.619. The van der Waals surface area contributed by atoms with Crippen LogP contribution in [0.15, 0.2) is 0 Å². The van der Waals surface area contributed by atoms with E-state index in [1.54, 1.807) is 0 Å². The van der Waals surface area contributed by atoms with Gasteiger partial charge in [-0.1, -0.05) is 20.8 Å². The highest BCUT2D eigenvalue weighted by Crippen LogP contribution is 2.49. The number of rotatable bonds is 0. The summed E-state index contributed by atoms with van der Waals surface area (Å²) in [7, 11) is 1.47. The maximum atomic E-state index is 11.4. The lowest BCUT2D eigenvalue weighted by Gasteiger charge is -2.38. The van der Waals surface area contributed by atoms with E-state index in [1.807, 2.05) is 18.7 Å². The third-order valence-electron chi connectivity index (χ3n) is 3.37. The van der Waals surface area contributed by atoms with Gasteiger partial charge in [-0.15, -0.1) is 0 Å². The molecule has 1 heterocycles. The zero-order chi connectivity index (χ0) is 11.5. The Morgan fingerprint density at radius 3 is 2.47 bits per heavy atom. The minimum Gasteiger partial charge on any atom is -0.453 e. The predicted octanol–water partition coefficient (Wildman–Crippen LogP) is 3.04. The standard InChI is InChI=1S/C10H17NO2.C2H6/c1-8-3-6-11(9(12)13-2)10(7-8)4-5-10;1-2/h8H,3-7H2,1-2H3;1-2H3. The van der Waals surface area contributed by atoms with Gasteiger partial charge in [0.05, 0.1) is 7.11 Å². The van der Waals surface area contributed by atoms with Crippen LogP contribution < -0.4 is 0 Å². The van der Waals surface area contributed by atoms with E-state index in [1.165, 1.54) is 26.4 Å². The summed E-state index contributed by atoms with van der Waals surface area (Å²) in [5.41, 5.74) is 0.199. The van der Waals surface area contributed by atoms with Crippen molar-refractivity contribution in [1.29, 1.82) is 0 Å². The number of methoxy groups -OCH3 is 1. The van der Waals surface area contributed by atoms with Crippen molar-refractivity contribution in [2.75, 3.05) is 13.7 Å². The van der Waals surface area contributed by atoms with Crippen molar-refractivity contribution >= 4 is 6.09 Å². The molecule has 1 spiro atoms. The van der Waals surface area contributed by atoms with E-state index in [0.717, 1.165) is 18.9 Å². The van der Waals surface area contributed by atoms with Gasteiger partial charge in [0, 0.05) is 12.1 Å². The van der Waals surface area contributed by atoms with Crippen LogP contribution in [-0.2, 0) is 4.74 Å². The van der Waals surface area contributed by atoms with E-state index in [-0.39, 0.29) is 11.6 Å². The molecule has 0 bridgehead atoms. The lowest BCUT2D eigenvalue weighted by molar-refractivity contribution is 0.0688. The van der Waals surface area contributed by atoms with Crippen LogP contribution in [0.2, 0.25) is 0 Å².